The standard InChI is InChI=1S/C14H16N2O3/c1-10(15-11(2)14-7-4-8-19-14)12-5-3-6-13(9-12)16(17)18/h3-11,15H,1-2H3/t10?,11-/m0/s1. The third-order valence-corrected chi connectivity index (χ3v) is 3.05. The summed E-state index contributed by atoms with van der Waals surface area (Å²) >= 11 is 0. The van der Waals surface area contributed by atoms with Gasteiger partial charge in [-0.2, -0.15) is 0 Å². The first kappa shape index (κ1) is 13.3. The molecule has 1 unspecified atom stereocenters. The fourth-order valence-electron chi connectivity index (χ4n) is 2.00. The molecule has 0 saturated carbocycles. The normalized spacial score (nSPS) is 14.0. The molecule has 0 aliphatic carbocycles. The van der Waals surface area contributed by atoms with Crippen molar-refractivity contribution in [2.24, 2.45) is 0 Å². The first-order valence-corrected chi connectivity index (χ1v) is 6.11. The number of furan rings is 1. The van der Waals surface area contributed by atoms with E-state index in [9.17, 15) is 10.1 Å². The maximum Gasteiger partial charge on any atom is 0.269 e. The van der Waals surface area contributed by atoms with Crippen LogP contribution >= 0.6 is 0 Å². The summed E-state index contributed by atoms with van der Waals surface area (Å²) in [5, 5.41) is 14.1. The Morgan fingerprint density at radius 1 is 1.21 bits per heavy atom. The summed E-state index contributed by atoms with van der Waals surface area (Å²) in [6, 6.07) is 10.4. The number of hydrogen-bond donors (Lipinski definition) is 1. The lowest BCUT2D eigenvalue weighted by Crippen LogP contribution is -2.22. The van der Waals surface area contributed by atoms with Crippen LogP contribution in [-0.2, 0) is 0 Å². The van der Waals surface area contributed by atoms with E-state index in [-0.39, 0.29) is 22.7 Å². The lowest BCUT2D eigenvalue weighted by atomic mass is 10.1. The highest BCUT2D eigenvalue weighted by molar-refractivity contribution is 5.35. The fraction of sp³-hybridized carbons (Fsp3) is 0.286. The highest BCUT2D eigenvalue weighted by Crippen LogP contribution is 2.22. The summed E-state index contributed by atoms with van der Waals surface area (Å²) in [7, 11) is 0. The average molecular weight is 260 g/mol. The maximum absolute atomic E-state index is 10.8. The molecule has 0 spiro atoms. The van der Waals surface area contributed by atoms with Crippen molar-refractivity contribution < 1.29 is 9.34 Å². The topological polar surface area (TPSA) is 68.3 Å². The number of benzene rings is 1. The zero-order valence-corrected chi connectivity index (χ0v) is 10.9. The minimum atomic E-state index is -0.383. The Balaban J connectivity index is 2.09. The van der Waals surface area contributed by atoms with Crippen LogP contribution in [0.2, 0.25) is 0 Å². The summed E-state index contributed by atoms with van der Waals surface area (Å²) in [6.07, 6.45) is 1.63. The van der Waals surface area contributed by atoms with E-state index in [0.717, 1.165) is 11.3 Å². The molecule has 0 amide bonds. The molecule has 19 heavy (non-hydrogen) atoms. The second kappa shape index (κ2) is 5.67. The molecule has 0 bridgehead atoms. The van der Waals surface area contributed by atoms with Crippen molar-refractivity contribution >= 4 is 5.69 Å². The highest BCUT2D eigenvalue weighted by Gasteiger charge is 2.15. The molecule has 5 heteroatoms. The lowest BCUT2D eigenvalue weighted by Gasteiger charge is -2.18. The Bertz CT molecular complexity index is 552. The molecule has 1 heterocycles. The van der Waals surface area contributed by atoms with Gasteiger partial charge in [0.25, 0.3) is 5.69 Å². The molecule has 1 aromatic heterocycles. The largest absolute Gasteiger partial charge is 0.468 e. The predicted molar refractivity (Wildman–Crippen MR) is 71.8 cm³/mol. The van der Waals surface area contributed by atoms with Crippen LogP contribution in [-0.4, -0.2) is 4.92 Å². The monoisotopic (exact) mass is 260 g/mol. The van der Waals surface area contributed by atoms with Gasteiger partial charge in [-0.25, -0.2) is 0 Å². The van der Waals surface area contributed by atoms with E-state index in [1.54, 1.807) is 18.4 Å². The zero-order chi connectivity index (χ0) is 13.8. The van der Waals surface area contributed by atoms with E-state index in [1.807, 2.05) is 32.0 Å². The van der Waals surface area contributed by atoms with Crippen LogP contribution in [0.3, 0.4) is 0 Å². The number of nitrogens with one attached hydrogen (secondary N) is 1. The lowest BCUT2D eigenvalue weighted by molar-refractivity contribution is -0.384. The number of nitro groups is 1. The molecule has 1 N–H and O–H groups in total. The molecule has 0 fully saturated rings. The molecule has 100 valence electrons. The Kier molecular flexibility index (Phi) is 3.97. The molecule has 0 radical (unpaired) electrons. The summed E-state index contributed by atoms with van der Waals surface area (Å²) in [6.45, 7) is 3.96. The van der Waals surface area contributed by atoms with Gasteiger partial charge in [0, 0.05) is 18.2 Å². The third kappa shape index (κ3) is 3.20. The Morgan fingerprint density at radius 3 is 2.63 bits per heavy atom. The number of nitro benzene ring substituents is 1. The second-order valence-electron chi connectivity index (χ2n) is 4.48. The summed E-state index contributed by atoms with van der Waals surface area (Å²) < 4.78 is 5.32. The Hall–Kier alpha value is -2.14. The summed E-state index contributed by atoms with van der Waals surface area (Å²) in [4.78, 5) is 10.4. The van der Waals surface area contributed by atoms with Crippen molar-refractivity contribution in [3.8, 4) is 0 Å². The van der Waals surface area contributed by atoms with Crippen molar-refractivity contribution in [3.63, 3.8) is 0 Å². The molecule has 0 saturated heterocycles. The maximum atomic E-state index is 10.8. The SMILES string of the molecule is CC(N[C@@H](C)c1ccco1)c1cccc([N+](=O)[O-])c1. The van der Waals surface area contributed by atoms with Crippen molar-refractivity contribution in [3.05, 3.63) is 64.1 Å². The van der Waals surface area contributed by atoms with Gasteiger partial charge in [-0.05, 0) is 31.5 Å². The first-order valence-electron chi connectivity index (χ1n) is 6.11. The molecule has 2 rings (SSSR count). The van der Waals surface area contributed by atoms with Crippen LogP contribution in [0.5, 0.6) is 0 Å². The van der Waals surface area contributed by atoms with Gasteiger partial charge < -0.3 is 9.73 Å². The Labute approximate surface area is 111 Å². The van der Waals surface area contributed by atoms with E-state index >= 15 is 0 Å². The van der Waals surface area contributed by atoms with Gasteiger partial charge in [-0.15, -0.1) is 0 Å². The third-order valence-electron chi connectivity index (χ3n) is 3.05. The van der Waals surface area contributed by atoms with E-state index in [1.165, 1.54) is 6.07 Å². The van der Waals surface area contributed by atoms with Crippen molar-refractivity contribution in [1.82, 2.24) is 5.32 Å². The Morgan fingerprint density at radius 2 is 2.00 bits per heavy atom. The van der Waals surface area contributed by atoms with Crippen LogP contribution < -0.4 is 5.32 Å². The molecule has 0 aliphatic rings. The number of nitrogens with zero attached hydrogens (tertiary/aromatic N) is 1. The fourth-order valence-corrected chi connectivity index (χ4v) is 2.00. The molecule has 2 aromatic rings. The minimum Gasteiger partial charge on any atom is -0.468 e. The average Bonchev–Trinajstić information content (AvgIpc) is 2.92. The van der Waals surface area contributed by atoms with Crippen molar-refractivity contribution in [2.45, 2.75) is 25.9 Å². The van der Waals surface area contributed by atoms with Crippen LogP contribution in [0.1, 0.15) is 37.3 Å². The summed E-state index contributed by atoms with van der Waals surface area (Å²) in [5.41, 5.74) is 0.990. The molecular formula is C14H16N2O3. The van der Waals surface area contributed by atoms with E-state index in [2.05, 4.69) is 5.32 Å². The van der Waals surface area contributed by atoms with E-state index < -0.39 is 0 Å². The first-order chi connectivity index (χ1) is 9.08. The van der Waals surface area contributed by atoms with Crippen molar-refractivity contribution in [2.75, 3.05) is 0 Å². The molecule has 2 atom stereocenters. The zero-order valence-electron chi connectivity index (χ0n) is 10.9. The number of rotatable bonds is 5. The number of hydrogen-bond acceptors (Lipinski definition) is 4. The second-order valence-corrected chi connectivity index (χ2v) is 4.48. The van der Waals surface area contributed by atoms with Gasteiger partial charge in [0.1, 0.15) is 5.76 Å². The van der Waals surface area contributed by atoms with Gasteiger partial charge >= 0.3 is 0 Å². The smallest absolute Gasteiger partial charge is 0.269 e. The van der Waals surface area contributed by atoms with Crippen LogP contribution in [0, 0.1) is 10.1 Å². The van der Waals surface area contributed by atoms with E-state index in [0.29, 0.717) is 0 Å². The highest BCUT2D eigenvalue weighted by atomic mass is 16.6. The van der Waals surface area contributed by atoms with Gasteiger partial charge in [-0.1, -0.05) is 12.1 Å². The number of non-ortho nitro benzene ring substituents is 1. The quantitative estimate of drug-likeness (QED) is 0.658. The molecule has 5 nitrogen and oxygen atoms in total. The van der Waals surface area contributed by atoms with Gasteiger partial charge in [0.05, 0.1) is 17.2 Å². The van der Waals surface area contributed by atoms with Crippen LogP contribution in [0.25, 0.3) is 0 Å². The molecule has 1 aromatic carbocycles. The van der Waals surface area contributed by atoms with Gasteiger partial charge in [0.15, 0.2) is 0 Å². The minimum absolute atomic E-state index is 0. The van der Waals surface area contributed by atoms with Gasteiger partial charge in [0.2, 0.25) is 0 Å². The van der Waals surface area contributed by atoms with Crippen LogP contribution in [0.15, 0.2) is 47.1 Å². The van der Waals surface area contributed by atoms with Gasteiger partial charge in [-0.3, -0.25) is 10.1 Å². The molecular weight excluding hydrogens is 244 g/mol. The summed E-state index contributed by atoms with van der Waals surface area (Å²) in [5.74, 6) is 0.845. The van der Waals surface area contributed by atoms with Crippen LogP contribution in [0.4, 0.5) is 5.69 Å². The molecule has 0 aliphatic heterocycles. The predicted octanol–water partition coefficient (Wildman–Crippen LogP) is 3.60. The van der Waals surface area contributed by atoms with Crippen molar-refractivity contribution in [1.29, 1.82) is 0 Å². The van der Waals surface area contributed by atoms with E-state index in [4.69, 9.17) is 4.42 Å².